The highest BCUT2D eigenvalue weighted by molar-refractivity contribution is 5.98. The average Bonchev–Trinajstić information content (AvgIpc) is 2.69. The summed E-state index contributed by atoms with van der Waals surface area (Å²) in [5, 5.41) is 2.75. The van der Waals surface area contributed by atoms with Crippen LogP contribution in [-0.2, 0) is 15.7 Å². The summed E-state index contributed by atoms with van der Waals surface area (Å²) in [4.78, 5) is 14.8. The maximum absolute atomic E-state index is 13.2. The second kappa shape index (κ2) is 8.65. The van der Waals surface area contributed by atoms with E-state index < -0.39 is 17.7 Å². The molecule has 0 saturated carbocycles. The zero-order chi connectivity index (χ0) is 20.1. The van der Waals surface area contributed by atoms with Gasteiger partial charge in [0.25, 0.3) is 0 Å². The fraction of sp³-hybridized carbons (Fsp3) is 0.381. The number of rotatable bonds is 5. The number of anilines is 2. The van der Waals surface area contributed by atoms with Crippen LogP contribution in [0.5, 0.6) is 0 Å². The van der Waals surface area contributed by atoms with Gasteiger partial charge in [-0.3, -0.25) is 4.79 Å². The highest BCUT2D eigenvalue weighted by Gasteiger charge is 2.32. The first kappa shape index (κ1) is 20.2. The van der Waals surface area contributed by atoms with Crippen molar-refractivity contribution in [3.63, 3.8) is 0 Å². The van der Waals surface area contributed by atoms with Crippen molar-refractivity contribution >= 4 is 17.3 Å². The predicted octanol–water partition coefficient (Wildman–Crippen LogP) is 4.67. The van der Waals surface area contributed by atoms with Gasteiger partial charge in [-0.05, 0) is 30.2 Å². The summed E-state index contributed by atoms with van der Waals surface area (Å²) < 4.78 is 45.0. The molecule has 150 valence electrons. The second-order valence-electron chi connectivity index (χ2n) is 6.69. The number of alkyl halides is 3. The third-order valence-electron chi connectivity index (χ3n) is 4.86. The third-order valence-corrected chi connectivity index (χ3v) is 4.86. The van der Waals surface area contributed by atoms with E-state index in [0.717, 1.165) is 17.7 Å². The molecular weight excluding hydrogens is 369 g/mol. The molecule has 0 aliphatic carbocycles. The number of amides is 1. The van der Waals surface area contributed by atoms with Gasteiger partial charge in [-0.25, -0.2) is 0 Å². The maximum atomic E-state index is 13.2. The van der Waals surface area contributed by atoms with Crippen molar-refractivity contribution in [1.82, 2.24) is 0 Å². The molecular formula is C21H23F3N2O2. The Bertz CT molecular complexity index is 803. The van der Waals surface area contributed by atoms with Crippen molar-refractivity contribution in [3.05, 3.63) is 59.7 Å². The van der Waals surface area contributed by atoms with Crippen molar-refractivity contribution in [2.45, 2.75) is 25.4 Å². The first-order chi connectivity index (χ1) is 13.4. The molecule has 1 saturated heterocycles. The molecule has 1 amide bonds. The first-order valence-electron chi connectivity index (χ1n) is 9.30. The number of nitrogens with zero attached hydrogens (tertiary/aromatic N) is 1. The van der Waals surface area contributed by atoms with Gasteiger partial charge >= 0.3 is 6.18 Å². The molecule has 3 rings (SSSR count). The van der Waals surface area contributed by atoms with Crippen LogP contribution in [0.25, 0.3) is 0 Å². The molecule has 0 spiro atoms. The summed E-state index contributed by atoms with van der Waals surface area (Å²) >= 11 is 0. The molecule has 2 aromatic rings. The molecule has 1 fully saturated rings. The Morgan fingerprint density at radius 2 is 1.82 bits per heavy atom. The minimum absolute atomic E-state index is 0.177. The van der Waals surface area contributed by atoms with Crippen LogP contribution in [0.3, 0.4) is 0 Å². The lowest BCUT2D eigenvalue weighted by Crippen LogP contribution is -2.37. The maximum Gasteiger partial charge on any atom is 0.416 e. The van der Waals surface area contributed by atoms with Gasteiger partial charge < -0.3 is 15.0 Å². The van der Waals surface area contributed by atoms with Crippen LogP contribution < -0.4 is 10.2 Å². The molecule has 0 aromatic heterocycles. The largest absolute Gasteiger partial charge is 0.416 e. The lowest BCUT2D eigenvalue weighted by molar-refractivity contribution is -0.137. The Kier molecular flexibility index (Phi) is 6.24. The van der Waals surface area contributed by atoms with Gasteiger partial charge in [0.15, 0.2) is 0 Å². The Morgan fingerprint density at radius 3 is 2.43 bits per heavy atom. The standard InChI is InChI=1S/C21H23F3N2O2/c1-2-17(15-6-4-3-5-7-15)20(27)25-18-14-16(21(22,23)24)8-9-19(18)26-10-12-28-13-11-26/h3-9,14,17H,2,10-13H2,1H3,(H,25,27). The summed E-state index contributed by atoms with van der Waals surface area (Å²) in [6, 6.07) is 12.7. The van der Waals surface area contributed by atoms with Crippen LogP contribution in [0.4, 0.5) is 24.5 Å². The Labute approximate surface area is 162 Å². The van der Waals surface area contributed by atoms with E-state index in [4.69, 9.17) is 4.74 Å². The average molecular weight is 392 g/mol. The van der Waals surface area contributed by atoms with Gasteiger partial charge in [0.05, 0.1) is 36.1 Å². The number of carbonyl (C=O) groups excluding carboxylic acids is 1. The number of benzene rings is 2. The summed E-state index contributed by atoms with van der Waals surface area (Å²) in [6.07, 6.45) is -3.94. The molecule has 0 bridgehead atoms. The van der Waals surface area contributed by atoms with Crippen LogP contribution in [0.15, 0.2) is 48.5 Å². The Hall–Kier alpha value is -2.54. The second-order valence-corrected chi connectivity index (χ2v) is 6.69. The topological polar surface area (TPSA) is 41.6 Å². The highest BCUT2D eigenvalue weighted by Crippen LogP contribution is 2.36. The molecule has 28 heavy (non-hydrogen) atoms. The smallest absolute Gasteiger partial charge is 0.378 e. The van der Waals surface area contributed by atoms with Crippen LogP contribution in [0.2, 0.25) is 0 Å². The number of morpholine rings is 1. The number of halogens is 3. The molecule has 2 aromatic carbocycles. The number of nitrogens with one attached hydrogen (secondary N) is 1. The molecule has 7 heteroatoms. The van der Waals surface area contributed by atoms with Gasteiger partial charge in [0, 0.05) is 13.1 Å². The van der Waals surface area contributed by atoms with Crippen molar-refractivity contribution in [1.29, 1.82) is 0 Å². The number of hydrogen-bond acceptors (Lipinski definition) is 3. The molecule has 4 nitrogen and oxygen atoms in total. The normalized spacial score (nSPS) is 15.9. The lowest BCUT2D eigenvalue weighted by Gasteiger charge is -2.31. The number of carbonyl (C=O) groups is 1. The van der Waals surface area contributed by atoms with E-state index in [1.165, 1.54) is 6.07 Å². The minimum Gasteiger partial charge on any atom is -0.378 e. The third kappa shape index (κ3) is 4.65. The molecule has 1 N–H and O–H groups in total. The van der Waals surface area contributed by atoms with E-state index >= 15 is 0 Å². The minimum atomic E-state index is -4.48. The summed E-state index contributed by atoms with van der Waals surface area (Å²) in [6.45, 7) is 3.99. The fourth-order valence-electron chi connectivity index (χ4n) is 3.37. The van der Waals surface area contributed by atoms with Gasteiger partial charge in [-0.15, -0.1) is 0 Å². The first-order valence-corrected chi connectivity index (χ1v) is 9.30. The molecule has 1 atom stereocenters. The van der Waals surface area contributed by atoms with E-state index in [-0.39, 0.29) is 11.6 Å². The van der Waals surface area contributed by atoms with Crippen LogP contribution >= 0.6 is 0 Å². The summed E-state index contributed by atoms with van der Waals surface area (Å²) in [5.74, 6) is -0.754. The van der Waals surface area contributed by atoms with E-state index in [2.05, 4.69) is 5.32 Å². The van der Waals surface area contributed by atoms with Crippen LogP contribution in [0, 0.1) is 0 Å². The molecule has 0 radical (unpaired) electrons. The van der Waals surface area contributed by atoms with Crippen molar-refractivity contribution in [2.24, 2.45) is 0 Å². The molecule has 1 unspecified atom stereocenters. The summed E-state index contributed by atoms with van der Waals surface area (Å²) in [5.41, 5.74) is 0.804. The van der Waals surface area contributed by atoms with Gasteiger partial charge in [-0.2, -0.15) is 13.2 Å². The highest BCUT2D eigenvalue weighted by atomic mass is 19.4. The number of hydrogen-bond donors (Lipinski definition) is 1. The van der Waals surface area contributed by atoms with Gasteiger partial charge in [0.2, 0.25) is 5.91 Å². The predicted molar refractivity (Wildman–Crippen MR) is 103 cm³/mol. The van der Waals surface area contributed by atoms with Gasteiger partial charge in [0.1, 0.15) is 0 Å². The van der Waals surface area contributed by atoms with Crippen molar-refractivity contribution in [2.75, 3.05) is 36.5 Å². The van der Waals surface area contributed by atoms with Crippen LogP contribution in [-0.4, -0.2) is 32.2 Å². The van der Waals surface area contributed by atoms with Crippen LogP contribution in [0.1, 0.15) is 30.4 Å². The molecule has 1 aliphatic heterocycles. The van der Waals surface area contributed by atoms with Crippen molar-refractivity contribution in [3.8, 4) is 0 Å². The van der Waals surface area contributed by atoms with E-state index in [0.29, 0.717) is 38.4 Å². The van der Waals surface area contributed by atoms with E-state index in [1.54, 1.807) is 0 Å². The Morgan fingerprint density at radius 1 is 1.14 bits per heavy atom. The SMILES string of the molecule is CCC(C(=O)Nc1cc(C(F)(F)F)ccc1N1CCOCC1)c1ccccc1. The lowest BCUT2D eigenvalue weighted by atomic mass is 9.95. The van der Waals surface area contributed by atoms with Gasteiger partial charge in [-0.1, -0.05) is 37.3 Å². The molecule has 1 heterocycles. The molecule has 1 aliphatic rings. The monoisotopic (exact) mass is 392 g/mol. The van der Waals surface area contributed by atoms with Crippen molar-refractivity contribution < 1.29 is 22.7 Å². The fourth-order valence-corrected chi connectivity index (χ4v) is 3.37. The quantitative estimate of drug-likeness (QED) is 0.804. The zero-order valence-corrected chi connectivity index (χ0v) is 15.6. The summed E-state index contributed by atoms with van der Waals surface area (Å²) in [7, 11) is 0. The van der Waals surface area contributed by atoms with E-state index in [1.807, 2.05) is 42.2 Å². The Balaban J connectivity index is 1.92. The van der Waals surface area contributed by atoms with E-state index in [9.17, 15) is 18.0 Å². The zero-order valence-electron chi connectivity index (χ0n) is 15.6. The number of ether oxygens (including phenoxy) is 1.